The van der Waals surface area contributed by atoms with Gasteiger partial charge in [-0.1, -0.05) is 47.7 Å². The van der Waals surface area contributed by atoms with Crippen molar-refractivity contribution < 1.29 is 51.0 Å². The van der Waals surface area contributed by atoms with Crippen molar-refractivity contribution in [2.24, 2.45) is 0 Å². The van der Waals surface area contributed by atoms with Gasteiger partial charge in [-0.05, 0) is 0 Å². The molecule has 0 aromatic heterocycles. The van der Waals surface area contributed by atoms with Crippen LogP contribution in [0.3, 0.4) is 0 Å². The molecule has 4 heteroatoms. The summed E-state index contributed by atoms with van der Waals surface area (Å²) in [6.07, 6.45) is 0. The van der Waals surface area contributed by atoms with Crippen LogP contribution in [0.25, 0.3) is 21.5 Å². The maximum absolute atomic E-state index is 3.67. The first-order valence-electron chi connectivity index (χ1n) is 9.00. The van der Waals surface area contributed by atoms with E-state index in [0.29, 0.717) is 0 Å². The summed E-state index contributed by atoms with van der Waals surface area (Å²) in [5, 5.41) is 6.68. The van der Waals surface area contributed by atoms with Crippen molar-refractivity contribution in [2.45, 2.75) is 0 Å². The van der Waals surface area contributed by atoms with Crippen LogP contribution in [0.15, 0.2) is 128 Å². The Morgan fingerprint density at radius 1 is 0.600 bits per heavy atom. The van der Waals surface area contributed by atoms with Crippen molar-refractivity contribution in [3.05, 3.63) is 128 Å². The Morgan fingerprint density at radius 3 is 1.47 bits per heavy atom. The Kier molecular flexibility index (Phi) is 15.1. The molecule has 0 unspecified atom stereocenters. The second-order valence-electron chi connectivity index (χ2n) is 6.02. The predicted molar refractivity (Wildman–Crippen MR) is 121 cm³/mol. The Bertz CT molecular complexity index is 957. The van der Waals surface area contributed by atoms with Crippen molar-refractivity contribution >= 4 is 36.3 Å². The topological polar surface area (TPSA) is 0 Å². The zero-order chi connectivity index (χ0) is 18.7. The van der Waals surface area contributed by atoms with E-state index in [-0.39, 0.29) is 51.0 Å². The number of rotatable bonds is 2. The predicted octanol–water partition coefficient (Wildman–Crippen LogP) is 0.283. The zero-order valence-electron chi connectivity index (χ0n) is 16.5. The largest absolute Gasteiger partial charge is 4.00 e. The van der Waals surface area contributed by atoms with E-state index in [1.807, 2.05) is 23.9 Å². The molecule has 0 spiro atoms. The van der Waals surface area contributed by atoms with Crippen LogP contribution in [0.2, 0.25) is 0 Å². The van der Waals surface area contributed by atoms with Crippen molar-refractivity contribution in [1.29, 1.82) is 0 Å². The summed E-state index contributed by atoms with van der Waals surface area (Å²) in [5.74, 6) is 0. The van der Waals surface area contributed by atoms with Crippen LogP contribution in [0.1, 0.15) is 0 Å². The van der Waals surface area contributed by atoms with E-state index >= 15 is 0 Å². The van der Waals surface area contributed by atoms with Gasteiger partial charge in [-0.25, -0.2) is 0 Å². The van der Waals surface area contributed by atoms with E-state index in [4.69, 9.17) is 0 Å². The SMILES string of the molecule is C=C[Si]c1ccccc1.[Cl-].[Cl-].[Zr+4].c1ccc2[cH-]ccc2c1.c1ccc2[cH-]ccc2c1. The summed E-state index contributed by atoms with van der Waals surface area (Å²) in [6.45, 7) is 3.67. The molecule has 148 valence electrons. The van der Waals surface area contributed by atoms with Gasteiger partial charge >= 0.3 is 26.2 Å². The van der Waals surface area contributed by atoms with E-state index in [1.165, 1.54) is 26.7 Å². The number of hydrogen-bond acceptors (Lipinski definition) is 0. The summed E-state index contributed by atoms with van der Waals surface area (Å²) in [4.78, 5) is 0. The Hall–Kier alpha value is -1.70. The molecule has 5 aromatic carbocycles. The first-order chi connectivity index (χ1) is 13.4. The number of hydrogen-bond donors (Lipinski definition) is 0. The van der Waals surface area contributed by atoms with Crippen LogP contribution in [-0.2, 0) is 26.2 Å². The van der Waals surface area contributed by atoms with Crippen LogP contribution >= 0.6 is 0 Å². The van der Waals surface area contributed by atoms with Crippen LogP contribution in [0.4, 0.5) is 0 Å². The molecular formula is C26H22Cl2SiZr. The minimum atomic E-state index is 0. The molecule has 5 rings (SSSR count). The molecule has 0 nitrogen and oxygen atoms in total. The average molecular weight is 525 g/mol. The molecule has 0 fully saturated rings. The molecule has 0 bridgehead atoms. The fourth-order valence-corrected chi connectivity index (χ4v) is 3.41. The normalized spacial score (nSPS) is 8.80. The summed E-state index contributed by atoms with van der Waals surface area (Å²) < 4.78 is 0. The van der Waals surface area contributed by atoms with Gasteiger partial charge < -0.3 is 24.8 Å². The Balaban J connectivity index is 0.000000400. The third kappa shape index (κ3) is 8.98. The minimum absolute atomic E-state index is 0. The van der Waals surface area contributed by atoms with Gasteiger partial charge in [0.25, 0.3) is 0 Å². The van der Waals surface area contributed by atoms with Crippen LogP contribution in [-0.4, -0.2) is 9.52 Å². The van der Waals surface area contributed by atoms with E-state index in [1.54, 1.807) is 0 Å². The van der Waals surface area contributed by atoms with E-state index in [9.17, 15) is 0 Å². The van der Waals surface area contributed by atoms with Crippen LogP contribution < -0.4 is 30.0 Å². The molecule has 0 saturated carbocycles. The zero-order valence-corrected chi connectivity index (χ0v) is 21.5. The van der Waals surface area contributed by atoms with Crippen LogP contribution in [0.5, 0.6) is 0 Å². The second kappa shape index (κ2) is 16.1. The second-order valence-corrected chi connectivity index (χ2v) is 7.30. The molecule has 0 saturated heterocycles. The number of fused-ring (bicyclic) bond motifs is 2. The standard InChI is InChI=1S/2C9H7.C8H8Si.2ClH.Zr/c2*1-2-5-9-7-3-6-8(9)4-1;1-2-9-8-6-4-3-5-7-8;;;/h2*1-7H;2-7H,1H2;2*1H;/q2*-1;;;;+4/p-2. The summed E-state index contributed by atoms with van der Waals surface area (Å²) in [5.41, 5.74) is 1.94. The number of benzene rings is 3. The molecule has 0 aliphatic heterocycles. The average Bonchev–Trinajstić information content (AvgIpc) is 3.39. The summed E-state index contributed by atoms with van der Waals surface area (Å²) in [6, 6.07) is 39.7. The first-order valence-corrected chi connectivity index (χ1v) is 10.1. The fraction of sp³-hybridized carbons (Fsp3) is 0. The molecule has 0 heterocycles. The van der Waals surface area contributed by atoms with Gasteiger partial charge in [-0.15, -0.1) is 71.6 Å². The smallest absolute Gasteiger partial charge is 1.00 e. The Labute approximate surface area is 213 Å². The van der Waals surface area contributed by atoms with Gasteiger partial charge in [0.05, 0.1) is 0 Å². The molecule has 0 aliphatic rings. The van der Waals surface area contributed by atoms with Crippen molar-refractivity contribution in [2.75, 3.05) is 0 Å². The molecule has 2 radical (unpaired) electrons. The quantitative estimate of drug-likeness (QED) is 0.230. The van der Waals surface area contributed by atoms with E-state index < -0.39 is 0 Å². The molecule has 30 heavy (non-hydrogen) atoms. The van der Waals surface area contributed by atoms with Gasteiger partial charge in [-0.2, -0.15) is 35.0 Å². The molecular weight excluding hydrogens is 503 g/mol. The maximum atomic E-state index is 3.67. The molecule has 0 amide bonds. The first kappa shape index (κ1) is 28.3. The van der Waals surface area contributed by atoms with Crippen molar-refractivity contribution in [3.8, 4) is 0 Å². The van der Waals surface area contributed by atoms with Gasteiger partial charge in [0.2, 0.25) is 0 Å². The monoisotopic (exact) mass is 522 g/mol. The van der Waals surface area contributed by atoms with E-state index in [2.05, 4.69) is 104 Å². The maximum Gasteiger partial charge on any atom is 4.00 e. The van der Waals surface area contributed by atoms with Crippen molar-refractivity contribution in [3.63, 3.8) is 0 Å². The summed E-state index contributed by atoms with van der Waals surface area (Å²) in [7, 11) is 0.751. The molecule has 0 atom stereocenters. The molecule has 5 aromatic rings. The minimum Gasteiger partial charge on any atom is -1.00 e. The molecule has 0 N–H and O–H groups in total. The van der Waals surface area contributed by atoms with Crippen LogP contribution in [0, 0.1) is 0 Å². The molecule has 0 aliphatic carbocycles. The van der Waals surface area contributed by atoms with E-state index in [0.717, 1.165) is 9.52 Å². The van der Waals surface area contributed by atoms with Gasteiger partial charge in [0.1, 0.15) is 9.52 Å². The van der Waals surface area contributed by atoms with Gasteiger partial charge in [0, 0.05) is 0 Å². The van der Waals surface area contributed by atoms with Crippen molar-refractivity contribution in [1.82, 2.24) is 0 Å². The van der Waals surface area contributed by atoms with Gasteiger partial charge in [-0.3, -0.25) is 0 Å². The Morgan fingerprint density at radius 2 is 1.03 bits per heavy atom. The third-order valence-corrected chi connectivity index (χ3v) is 5.01. The fourth-order valence-electron chi connectivity index (χ4n) is 2.79. The van der Waals surface area contributed by atoms with Gasteiger partial charge in [0.15, 0.2) is 0 Å². The third-order valence-electron chi connectivity index (χ3n) is 4.14. The summed E-state index contributed by atoms with van der Waals surface area (Å²) >= 11 is 0. The number of halogens is 2.